The van der Waals surface area contributed by atoms with Crippen molar-refractivity contribution in [2.45, 2.75) is 6.92 Å². The van der Waals surface area contributed by atoms with Crippen LogP contribution in [0.5, 0.6) is 0 Å². The third-order valence-electron chi connectivity index (χ3n) is 4.61. The van der Waals surface area contributed by atoms with Gasteiger partial charge in [-0.1, -0.05) is 6.07 Å². The van der Waals surface area contributed by atoms with Crippen LogP contribution in [0, 0.1) is 6.92 Å². The monoisotopic (exact) mass is 356 g/mol. The molecule has 5 rings (SSSR count). The summed E-state index contributed by atoms with van der Waals surface area (Å²) in [4.78, 5) is 13.3. The Morgan fingerprint density at radius 3 is 2.85 bits per heavy atom. The zero-order valence-electron chi connectivity index (χ0n) is 14.5. The molecule has 27 heavy (non-hydrogen) atoms. The minimum absolute atomic E-state index is 0.328. The Balaban J connectivity index is 1.80. The number of benzene rings is 1. The van der Waals surface area contributed by atoms with Gasteiger partial charge in [0.15, 0.2) is 5.84 Å². The van der Waals surface area contributed by atoms with Gasteiger partial charge < -0.3 is 5.73 Å². The highest BCUT2D eigenvalue weighted by Gasteiger charge is 2.32. The van der Waals surface area contributed by atoms with Gasteiger partial charge in [-0.05, 0) is 42.8 Å². The van der Waals surface area contributed by atoms with Gasteiger partial charge in [0.25, 0.3) is 0 Å². The van der Waals surface area contributed by atoms with Crippen LogP contribution in [0.2, 0.25) is 0 Å². The molecule has 2 aliphatic rings. The molecule has 1 aromatic carbocycles. The van der Waals surface area contributed by atoms with E-state index >= 15 is 0 Å². The summed E-state index contributed by atoms with van der Waals surface area (Å²) in [6.07, 6.45) is 5.32. The van der Waals surface area contributed by atoms with Gasteiger partial charge in [-0.3, -0.25) is 9.97 Å². The molecule has 4 heterocycles. The topological polar surface area (TPSA) is 104 Å². The second-order valence-corrected chi connectivity index (χ2v) is 6.29. The first-order valence-corrected chi connectivity index (χ1v) is 8.46. The molecule has 0 unspecified atom stereocenters. The maximum atomic E-state index is 6.14. The summed E-state index contributed by atoms with van der Waals surface area (Å²) in [5, 5.41) is 7.07. The van der Waals surface area contributed by atoms with Crippen LogP contribution in [0.4, 0.5) is 0 Å². The van der Waals surface area contributed by atoms with Crippen molar-refractivity contribution in [2.24, 2.45) is 15.8 Å². The predicted octanol–water partition coefficient (Wildman–Crippen LogP) is 1.77. The Hall–Kier alpha value is -3.78. The number of hydrogen-bond acceptors (Lipinski definition) is 8. The Morgan fingerprint density at radius 1 is 1.07 bits per heavy atom. The minimum Gasteiger partial charge on any atom is -0.380 e. The predicted molar refractivity (Wildman–Crippen MR) is 105 cm³/mol. The minimum atomic E-state index is 0.328. The number of fused-ring (bicyclic) bond motifs is 2. The van der Waals surface area contributed by atoms with E-state index in [2.05, 4.69) is 44.1 Å². The first-order chi connectivity index (χ1) is 13.2. The SMILES string of the molecule is Cc1ccnc2ccc(C3=C(c4cccnc4)N=C(N)C4=NNNN43)cc12. The number of nitrogens with two attached hydrogens (primary N) is 1. The third kappa shape index (κ3) is 2.42. The molecular formula is C19H16N8. The standard InChI is InChI=1S/C19H16N8/c1-11-6-8-22-15-5-4-12(9-14(11)15)17-16(13-3-2-7-21-10-13)23-18(20)19-24-25-26-27(17)19/h2-10,25-26H,1H3,(H2,20,23). The number of hydrazine groups is 2. The number of hydrogen-bond donors (Lipinski definition) is 3. The van der Waals surface area contributed by atoms with Crippen molar-refractivity contribution in [3.63, 3.8) is 0 Å². The molecule has 0 atom stereocenters. The summed E-state index contributed by atoms with van der Waals surface area (Å²) >= 11 is 0. The molecule has 8 heteroatoms. The Kier molecular flexibility index (Phi) is 3.37. The average Bonchev–Trinajstić information content (AvgIpc) is 3.19. The maximum absolute atomic E-state index is 6.14. The van der Waals surface area contributed by atoms with E-state index in [0.29, 0.717) is 11.7 Å². The van der Waals surface area contributed by atoms with Crippen LogP contribution in [-0.4, -0.2) is 26.6 Å². The number of aromatic nitrogens is 2. The third-order valence-corrected chi connectivity index (χ3v) is 4.61. The van der Waals surface area contributed by atoms with Crippen molar-refractivity contribution >= 4 is 34.0 Å². The Bertz CT molecular complexity index is 1150. The lowest BCUT2D eigenvalue weighted by molar-refractivity contribution is 0.399. The van der Waals surface area contributed by atoms with E-state index in [9.17, 15) is 0 Å². The van der Waals surface area contributed by atoms with Crippen LogP contribution >= 0.6 is 0 Å². The maximum Gasteiger partial charge on any atom is 0.213 e. The first kappa shape index (κ1) is 15.5. The highest BCUT2D eigenvalue weighted by Crippen LogP contribution is 2.34. The first-order valence-electron chi connectivity index (χ1n) is 8.46. The molecule has 4 N–H and O–H groups in total. The van der Waals surface area contributed by atoms with Crippen molar-refractivity contribution in [1.29, 1.82) is 0 Å². The van der Waals surface area contributed by atoms with Crippen LogP contribution in [0.25, 0.3) is 22.3 Å². The lowest BCUT2D eigenvalue weighted by Gasteiger charge is -2.28. The van der Waals surface area contributed by atoms with Gasteiger partial charge in [-0.25, -0.2) is 15.5 Å². The van der Waals surface area contributed by atoms with Gasteiger partial charge in [-0.15, -0.1) is 10.6 Å². The van der Waals surface area contributed by atoms with Crippen molar-refractivity contribution in [3.05, 3.63) is 71.7 Å². The summed E-state index contributed by atoms with van der Waals surface area (Å²) in [5.41, 5.74) is 17.4. The number of hydrazone groups is 1. The summed E-state index contributed by atoms with van der Waals surface area (Å²) < 4.78 is 0. The van der Waals surface area contributed by atoms with E-state index in [0.717, 1.165) is 39.0 Å². The molecule has 2 aliphatic heterocycles. The fraction of sp³-hybridized carbons (Fsp3) is 0.0526. The van der Waals surface area contributed by atoms with Crippen LogP contribution in [0.15, 0.2) is 65.1 Å². The van der Waals surface area contributed by atoms with E-state index in [1.807, 2.05) is 36.5 Å². The Labute approximate surface area is 155 Å². The van der Waals surface area contributed by atoms with Crippen LogP contribution in [0.3, 0.4) is 0 Å². The molecule has 0 spiro atoms. The smallest absolute Gasteiger partial charge is 0.213 e. The molecule has 0 saturated heterocycles. The highest BCUT2D eigenvalue weighted by molar-refractivity contribution is 6.43. The molecular weight excluding hydrogens is 340 g/mol. The number of rotatable bonds is 2. The van der Waals surface area contributed by atoms with Gasteiger partial charge in [0.05, 0.1) is 11.2 Å². The van der Waals surface area contributed by atoms with Gasteiger partial charge >= 0.3 is 0 Å². The molecule has 0 bridgehead atoms. The molecule has 3 aromatic rings. The van der Waals surface area contributed by atoms with Gasteiger partial charge in [-0.2, -0.15) is 0 Å². The van der Waals surface area contributed by atoms with Crippen LogP contribution in [-0.2, 0) is 0 Å². The number of nitrogens with zero attached hydrogens (tertiary/aromatic N) is 5. The molecule has 0 fully saturated rings. The van der Waals surface area contributed by atoms with E-state index < -0.39 is 0 Å². The number of pyridine rings is 2. The summed E-state index contributed by atoms with van der Waals surface area (Å²) in [6.45, 7) is 2.07. The number of aryl methyl sites for hydroxylation is 1. The lowest BCUT2D eigenvalue weighted by Crippen LogP contribution is -2.46. The van der Waals surface area contributed by atoms with E-state index in [-0.39, 0.29) is 0 Å². The van der Waals surface area contributed by atoms with E-state index in [4.69, 9.17) is 5.73 Å². The lowest BCUT2D eigenvalue weighted by atomic mass is 10.0. The fourth-order valence-electron chi connectivity index (χ4n) is 3.29. The molecule has 0 saturated carbocycles. The molecule has 0 aliphatic carbocycles. The summed E-state index contributed by atoms with van der Waals surface area (Å²) in [5.74, 6) is 0.856. The van der Waals surface area contributed by atoms with Gasteiger partial charge in [0.2, 0.25) is 5.84 Å². The summed E-state index contributed by atoms with van der Waals surface area (Å²) in [7, 11) is 0. The zero-order valence-corrected chi connectivity index (χ0v) is 14.5. The fourth-order valence-corrected chi connectivity index (χ4v) is 3.29. The number of aliphatic imine (C=N–C) groups is 1. The normalized spacial score (nSPS) is 16.1. The van der Waals surface area contributed by atoms with Crippen molar-refractivity contribution < 1.29 is 0 Å². The largest absolute Gasteiger partial charge is 0.380 e. The summed E-state index contributed by atoms with van der Waals surface area (Å²) in [6, 6.07) is 12.0. The quantitative estimate of drug-likeness (QED) is 0.647. The zero-order chi connectivity index (χ0) is 18.4. The van der Waals surface area contributed by atoms with E-state index in [1.54, 1.807) is 17.4 Å². The second kappa shape index (κ2) is 5.89. The molecule has 0 radical (unpaired) electrons. The second-order valence-electron chi connectivity index (χ2n) is 6.29. The molecule has 132 valence electrons. The number of nitrogens with one attached hydrogen (secondary N) is 2. The van der Waals surface area contributed by atoms with E-state index in [1.165, 1.54) is 0 Å². The molecule has 8 nitrogen and oxygen atoms in total. The van der Waals surface area contributed by atoms with Gasteiger partial charge in [0, 0.05) is 35.1 Å². The van der Waals surface area contributed by atoms with Crippen molar-refractivity contribution in [3.8, 4) is 0 Å². The average molecular weight is 356 g/mol. The van der Waals surface area contributed by atoms with Gasteiger partial charge in [0.1, 0.15) is 5.70 Å². The van der Waals surface area contributed by atoms with Crippen LogP contribution < -0.4 is 16.8 Å². The number of amidine groups is 2. The highest BCUT2D eigenvalue weighted by atomic mass is 15.8. The van der Waals surface area contributed by atoms with Crippen molar-refractivity contribution in [1.82, 2.24) is 26.0 Å². The van der Waals surface area contributed by atoms with Crippen molar-refractivity contribution in [2.75, 3.05) is 0 Å². The Morgan fingerprint density at radius 2 is 2.00 bits per heavy atom. The van der Waals surface area contributed by atoms with Crippen LogP contribution in [0.1, 0.15) is 16.7 Å². The molecule has 2 aromatic heterocycles. The molecule has 0 amide bonds.